The number of nitrogens with zero attached hydrogens (tertiary/aromatic N) is 3. The first kappa shape index (κ1) is 10.5. The first-order valence-corrected chi connectivity index (χ1v) is 6.83. The Hall–Kier alpha value is -1.38. The van der Waals surface area contributed by atoms with E-state index >= 15 is 0 Å². The largest absolute Gasteiger partial charge is 0.241 e. The van der Waals surface area contributed by atoms with Crippen molar-refractivity contribution in [3.63, 3.8) is 0 Å². The Balaban J connectivity index is 1.74. The Labute approximate surface area is 107 Å². The average molecular weight is 241 g/mol. The molecule has 1 aromatic heterocycles. The third-order valence-electron chi connectivity index (χ3n) is 6.03. The lowest BCUT2D eigenvalue weighted by molar-refractivity contribution is 0.184. The van der Waals surface area contributed by atoms with E-state index in [9.17, 15) is 0 Å². The molecule has 2 fully saturated rings. The van der Waals surface area contributed by atoms with Crippen molar-refractivity contribution in [1.82, 2.24) is 15.0 Å². The molecule has 94 valence electrons. The maximum Gasteiger partial charge on any atom is 0.113 e. The van der Waals surface area contributed by atoms with Gasteiger partial charge in [-0.2, -0.15) is 0 Å². The summed E-state index contributed by atoms with van der Waals surface area (Å²) in [4.78, 5) is 0. The second-order valence-electron chi connectivity index (χ2n) is 6.67. The van der Waals surface area contributed by atoms with Crippen LogP contribution in [0.4, 0.5) is 0 Å². The molecule has 0 amide bonds. The van der Waals surface area contributed by atoms with Gasteiger partial charge >= 0.3 is 0 Å². The van der Waals surface area contributed by atoms with E-state index in [1.165, 1.54) is 5.52 Å². The first-order valence-electron chi connectivity index (χ1n) is 6.83. The van der Waals surface area contributed by atoms with Crippen molar-refractivity contribution in [3.05, 3.63) is 24.3 Å². The molecule has 0 N–H and O–H groups in total. The van der Waals surface area contributed by atoms with Crippen LogP contribution in [0.5, 0.6) is 0 Å². The van der Waals surface area contributed by atoms with Gasteiger partial charge in [0, 0.05) is 5.41 Å². The van der Waals surface area contributed by atoms with E-state index in [-0.39, 0.29) is 0 Å². The molecule has 4 rings (SSSR count). The number of benzene rings is 1. The summed E-state index contributed by atoms with van der Waals surface area (Å²) in [6, 6.07) is 8.83. The Morgan fingerprint density at radius 2 is 1.89 bits per heavy atom. The van der Waals surface area contributed by atoms with Crippen molar-refractivity contribution >= 4 is 11.0 Å². The zero-order valence-electron chi connectivity index (χ0n) is 11.4. The van der Waals surface area contributed by atoms with E-state index in [1.54, 1.807) is 0 Å². The molecule has 2 aliphatic carbocycles. The highest BCUT2D eigenvalue weighted by Gasteiger charge is 2.92. The Kier molecular flexibility index (Phi) is 1.63. The monoisotopic (exact) mass is 241 g/mol. The summed E-state index contributed by atoms with van der Waals surface area (Å²) < 4.78 is 2.16. The molecule has 2 aromatic rings. The third-order valence-corrected chi connectivity index (χ3v) is 6.03. The molecule has 1 heterocycles. The summed E-state index contributed by atoms with van der Waals surface area (Å²) in [5.41, 5.74) is 3.14. The summed E-state index contributed by atoms with van der Waals surface area (Å²) in [5.74, 6) is 1.54. The van der Waals surface area contributed by atoms with Crippen LogP contribution >= 0.6 is 0 Å². The van der Waals surface area contributed by atoms with E-state index in [4.69, 9.17) is 0 Å². The molecule has 0 bridgehead atoms. The summed E-state index contributed by atoms with van der Waals surface area (Å²) in [6.45, 7) is 9.53. The molecule has 3 nitrogen and oxygen atoms in total. The maximum atomic E-state index is 4.37. The smallest absolute Gasteiger partial charge is 0.113 e. The highest BCUT2D eigenvalue weighted by Crippen LogP contribution is 2.94. The second kappa shape index (κ2) is 2.79. The molecular weight excluding hydrogens is 222 g/mol. The Morgan fingerprint density at radius 3 is 2.56 bits per heavy atom. The van der Waals surface area contributed by atoms with E-state index in [1.807, 2.05) is 12.1 Å². The van der Waals surface area contributed by atoms with Crippen LogP contribution in [0.15, 0.2) is 24.3 Å². The van der Waals surface area contributed by atoms with Gasteiger partial charge in [0.15, 0.2) is 0 Å². The minimum absolute atomic E-state index is 0.442. The standard InChI is InChI=1S/C15H19N3/c1-9(2)14(3)12-13(15(12,14)4)18-11-8-6-5-7-10(11)16-17-18/h5-9,12-13H,1-4H3. The highest BCUT2D eigenvalue weighted by molar-refractivity contribution is 5.74. The van der Waals surface area contributed by atoms with Gasteiger partial charge in [0.1, 0.15) is 5.52 Å². The number of aromatic nitrogens is 3. The number of hydrogen-bond acceptors (Lipinski definition) is 2. The molecule has 18 heavy (non-hydrogen) atoms. The van der Waals surface area contributed by atoms with Gasteiger partial charge in [-0.05, 0) is 29.4 Å². The lowest BCUT2D eigenvalue weighted by atomic mass is 9.78. The van der Waals surface area contributed by atoms with Crippen LogP contribution in [0, 0.1) is 22.7 Å². The minimum Gasteiger partial charge on any atom is -0.241 e. The van der Waals surface area contributed by atoms with Crippen molar-refractivity contribution in [2.75, 3.05) is 0 Å². The lowest BCUT2D eigenvalue weighted by Crippen LogP contribution is -2.26. The van der Waals surface area contributed by atoms with Gasteiger partial charge in [-0.25, -0.2) is 4.68 Å². The van der Waals surface area contributed by atoms with Crippen LogP contribution in [0.3, 0.4) is 0 Å². The van der Waals surface area contributed by atoms with Gasteiger partial charge in [-0.1, -0.05) is 45.0 Å². The van der Waals surface area contributed by atoms with Crippen LogP contribution in [-0.4, -0.2) is 15.0 Å². The molecule has 0 radical (unpaired) electrons. The second-order valence-corrected chi connectivity index (χ2v) is 6.67. The SMILES string of the molecule is CC(C)C1(C)C2C(n3nnc4ccccc43)C21C. The minimum atomic E-state index is 0.442. The van der Waals surface area contributed by atoms with Gasteiger partial charge < -0.3 is 0 Å². The quantitative estimate of drug-likeness (QED) is 0.807. The van der Waals surface area contributed by atoms with E-state index in [2.05, 4.69) is 54.8 Å². The van der Waals surface area contributed by atoms with Crippen LogP contribution in [0.1, 0.15) is 33.7 Å². The van der Waals surface area contributed by atoms with Crippen molar-refractivity contribution in [2.45, 2.75) is 33.7 Å². The number of rotatable bonds is 2. The van der Waals surface area contributed by atoms with Crippen LogP contribution in [-0.2, 0) is 0 Å². The summed E-state index contributed by atoms with van der Waals surface area (Å²) in [6.07, 6.45) is 0. The fraction of sp³-hybridized carbons (Fsp3) is 0.600. The van der Waals surface area contributed by atoms with Crippen LogP contribution < -0.4 is 0 Å². The van der Waals surface area contributed by atoms with Crippen LogP contribution in [0.25, 0.3) is 11.0 Å². The number of para-hydroxylation sites is 1. The normalized spacial score (nSPS) is 41.2. The van der Waals surface area contributed by atoms with Crippen molar-refractivity contribution in [3.8, 4) is 0 Å². The predicted octanol–water partition coefficient (Wildman–Crippen LogP) is 3.28. The number of hydrogen-bond donors (Lipinski definition) is 0. The third kappa shape index (κ3) is 0.877. The molecule has 3 heteroatoms. The zero-order chi connectivity index (χ0) is 12.7. The highest BCUT2D eigenvalue weighted by atomic mass is 15.5. The molecule has 1 aromatic carbocycles. The molecular formula is C15H19N3. The molecule has 4 unspecified atom stereocenters. The Bertz CT molecular complexity index is 644. The fourth-order valence-corrected chi connectivity index (χ4v) is 4.41. The summed E-state index contributed by atoms with van der Waals surface area (Å²) >= 11 is 0. The first-order chi connectivity index (χ1) is 8.53. The number of fused-ring (bicyclic) bond motifs is 2. The van der Waals surface area contributed by atoms with Gasteiger partial charge in [-0.15, -0.1) is 5.10 Å². The summed E-state index contributed by atoms with van der Waals surface area (Å²) in [7, 11) is 0. The molecule has 0 spiro atoms. The van der Waals surface area contributed by atoms with E-state index in [0.717, 1.165) is 17.4 Å². The molecule has 4 atom stereocenters. The summed E-state index contributed by atoms with van der Waals surface area (Å²) in [5, 5.41) is 8.65. The molecule has 0 aliphatic heterocycles. The predicted molar refractivity (Wildman–Crippen MR) is 71.1 cm³/mol. The van der Waals surface area contributed by atoms with Crippen molar-refractivity contribution in [2.24, 2.45) is 22.7 Å². The fourth-order valence-electron chi connectivity index (χ4n) is 4.41. The van der Waals surface area contributed by atoms with E-state index in [0.29, 0.717) is 16.9 Å². The van der Waals surface area contributed by atoms with E-state index < -0.39 is 0 Å². The van der Waals surface area contributed by atoms with Gasteiger partial charge in [0.2, 0.25) is 0 Å². The molecule has 2 saturated carbocycles. The topological polar surface area (TPSA) is 30.7 Å². The molecule has 0 saturated heterocycles. The van der Waals surface area contributed by atoms with Gasteiger partial charge in [0.25, 0.3) is 0 Å². The van der Waals surface area contributed by atoms with Crippen molar-refractivity contribution in [1.29, 1.82) is 0 Å². The van der Waals surface area contributed by atoms with Crippen molar-refractivity contribution < 1.29 is 0 Å². The molecule has 2 aliphatic rings. The van der Waals surface area contributed by atoms with Gasteiger partial charge in [0.05, 0.1) is 11.6 Å². The maximum absolute atomic E-state index is 4.37. The van der Waals surface area contributed by atoms with Gasteiger partial charge in [-0.3, -0.25) is 0 Å². The lowest BCUT2D eigenvalue weighted by Gasteiger charge is -2.30. The van der Waals surface area contributed by atoms with Crippen LogP contribution in [0.2, 0.25) is 0 Å². The Morgan fingerprint density at radius 1 is 1.22 bits per heavy atom. The average Bonchev–Trinajstić information content (AvgIpc) is 3.03. The zero-order valence-corrected chi connectivity index (χ0v) is 11.4.